The van der Waals surface area contributed by atoms with Gasteiger partial charge in [-0.25, -0.2) is 0 Å². The number of benzene rings is 2. The maximum atomic E-state index is 12.0. The Balaban J connectivity index is 1.71. The topological polar surface area (TPSA) is 65.4 Å². The average molecular weight is 388 g/mol. The standard InChI is InChI=1S/C18H18BrN3O2/c1-22(10-11-24-17-8-4-15(19)5-9-17)13-18(23)21-16-6-2-14(12-20)3-7-16/h2-9H,10-11,13H2,1H3,(H,21,23). The molecule has 0 aromatic heterocycles. The number of nitriles is 1. The lowest BCUT2D eigenvalue weighted by atomic mass is 10.2. The maximum absolute atomic E-state index is 12.0. The molecule has 0 saturated carbocycles. The Bertz CT molecular complexity index is 709. The smallest absolute Gasteiger partial charge is 0.238 e. The summed E-state index contributed by atoms with van der Waals surface area (Å²) in [6, 6.07) is 16.4. The highest BCUT2D eigenvalue weighted by molar-refractivity contribution is 9.10. The van der Waals surface area contributed by atoms with E-state index in [1.54, 1.807) is 24.3 Å². The fraction of sp³-hybridized carbons (Fsp3) is 0.222. The first-order valence-electron chi connectivity index (χ1n) is 7.44. The molecular formula is C18H18BrN3O2. The van der Waals surface area contributed by atoms with Crippen LogP contribution in [0.3, 0.4) is 0 Å². The van der Waals surface area contributed by atoms with Gasteiger partial charge in [-0.15, -0.1) is 0 Å². The number of carbonyl (C=O) groups excluding carboxylic acids is 1. The number of nitrogens with one attached hydrogen (secondary N) is 1. The number of anilines is 1. The monoisotopic (exact) mass is 387 g/mol. The first-order chi connectivity index (χ1) is 11.6. The van der Waals surface area contributed by atoms with E-state index in [9.17, 15) is 4.79 Å². The minimum absolute atomic E-state index is 0.106. The van der Waals surface area contributed by atoms with Crippen LogP contribution < -0.4 is 10.1 Å². The summed E-state index contributed by atoms with van der Waals surface area (Å²) in [5, 5.41) is 11.6. The normalized spacial score (nSPS) is 10.2. The molecule has 0 aliphatic carbocycles. The van der Waals surface area contributed by atoms with Crippen molar-refractivity contribution < 1.29 is 9.53 Å². The number of amides is 1. The fourth-order valence-corrected chi connectivity index (χ4v) is 2.27. The summed E-state index contributed by atoms with van der Waals surface area (Å²) >= 11 is 3.38. The van der Waals surface area contributed by atoms with Crippen LogP contribution in [0.25, 0.3) is 0 Å². The van der Waals surface area contributed by atoms with E-state index < -0.39 is 0 Å². The summed E-state index contributed by atoms with van der Waals surface area (Å²) in [6.07, 6.45) is 0. The third kappa shape index (κ3) is 6.03. The van der Waals surface area contributed by atoms with E-state index in [2.05, 4.69) is 21.2 Å². The molecule has 2 rings (SSSR count). The molecule has 0 saturated heterocycles. The average Bonchev–Trinajstić information content (AvgIpc) is 2.57. The molecule has 0 fully saturated rings. The molecule has 1 amide bonds. The van der Waals surface area contributed by atoms with Crippen LogP contribution in [-0.4, -0.2) is 37.6 Å². The molecule has 5 nitrogen and oxygen atoms in total. The van der Waals surface area contributed by atoms with Crippen molar-refractivity contribution >= 4 is 27.5 Å². The molecule has 0 heterocycles. The highest BCUT2D eigenvalue weighted by atomic mass is 79.9. The van der Waals surface area contributed by atoms with Crippen molar-refractivity contribution in [2.24, 2.45) is 0 Å². The van der Waals surface area contributed by atoms with E-state index in [0.29, 0.717) is 24.4 Å². The van der Waals surface area contributed by atoms with Crippen LogP contribution in [-0.2, 0) is 4.79 Å². The van der Waals surface area contributed by atoms with Crippen molar-refractivity contribution in [2.45, 2.75) is 0 Å². The van der Waals surface area contributed by atoms with Gasteiger partial charge >= 0.3 is 0 Å². The molecule has 2 aromatic carbocycles. The summed E-state index contributed by atoms with van der Waals surface area (Å²) in [7, 11) is 1.86. The van der Waals surface area contributed by atoms with Crippen molar-refractivity contribution in [3.05, 3.63) is 58.6 Å². The third-order valence-corrected chi connectivity index (χ3v) is 3.80. The van der Waals surface area contributed by atoms with Crippen LogP contribution in [0.15, 0.2) is 53.0 Å². The van der Waals surface area contributed by atoms with Gasteiger partial charge in [-0.1, -0.05) is 15.9 Å². The van der Waals surface area contributed by atoms with E-state index >= 15 is 0 Å². The maximum Gasteiger partial charge on any atom is 0.238 e. The highest BCUT2D eigenvalue weighted by Gasteiger charge is 2.07. The number of likely N-dealkylation sites (N-methyl/N-ethyl adjacent to an activating group) is 1. The molecule has 0 radical (unpaired) electrons. The summed E-state index contributed by atoms with van der Waals surface area (Å²) < 4.78 is 6.64. The Morgan fingerprint density at radius 3 is 2.50 bits per heavy atom. The number of hydrogen-bond donors (Lipinski definition) is 1. The largest absolute Gasteiger partial charge is 0.492 e. The lowest BCUT2D eigenvalue weighted by Crippen LogP contribution is -2.33. The van der Waals surface area contributed by atoms with Gasteiger partial charge in [0.05, 0.1) is 18.2 Å². The molecule has 0 spiro atoms. The van der Waals surface area contributed by atoms with E-state index in [4.69, 9.17) is 10.00 Å². The first kappa shape index (κ1) is 18.0. The molecule has 6 heteroatoms. The zero-order valence-corrected chi connectivity index (χ0v) is 14.9. The van der Waals surface area contributed by atoms with Crippen molar-refractivity contribution in [2.75, 3.05) is 32.1 Å². The van der Waals surface area contributed by atoms with Gasteiger partial charge in [0.2, 0.25) is 5.91 Å². The Morgan fingerprint density at radius 1 is 1.21 bits per heavy atom. The Hall–Kier alpha value is -2.36. The van der Waals surface area contributed by atoms with E-state index in [1.165, 1.54) is 0 Å². The van der Waals surface area contributed by atoms with Gasteiger partial charge in [0.15, 0.2) is 0 Å². The van der Waals surface area contributed by atoms with Crippen LogP contribution in [0.1, 0.15) is 5.56 Å². The predicted octanol–water partition coefficient (Wildman–Crippen LogP) is 3.27. The molecular weight excluding hydrogens is 370 g/mol. The molecule has 0 atom stereocenters. The van der Waals surface area contributed by atoms with Gasteiger partial charge < -0.3 is 10.1 Å². The van der Waals surface area contributed by atoms with Crippen LogP contribution in [0, 0.1) is 11.3 Å². The first-order valence-corrected chi connectivity index (χ1v) is 8.23. The third-order valence-electron chi connectivity index (χ3n) is 3.27. The van der Waals surface area contributed by atoms with Crippen LogP contribution in [0.4, 0.5) is 5.69 Å². The summed E-state index contributed by atoms with van der Waals surface area (Å²) in [6.45, 7) is 1.41. The molecule has 2 aromatic rings. The fourth-order valence-electron chi connectivity index (χ4n) is 2.00. The Morgan fingerprint density at radius 2 is 1.88 bits per heavy atom. The van der Waals surface area contributed by atoms with Crippen molar-refractivity contribution in [3.63, 3.8) is 0 Å². The van der Waals surface area contributed by atoms with Crippen LogP contribution in [0.2, 0.25) is 0 Å². The molecule has 1 N–H and O–H groups in total. The second-order valence-electron chi connectivity index (χ2n) is 5.28. The quantitative estimate of drug-likeness (QED) is 0.791. The van der Waals surface area contributed by atoms with Gasteiger partial charge in [-0.2, -0.15) is 5.26 Å². The molecule has 24 heavy (non-hydrogen) atoms. The van der Waals surface area contributed by atoms with E-state index in [1.807, 2.05) is 42.3 Å². The number of halogens is 1. The highest BCUT2D eigenvalue weighted by Crippen LogP contribution is 2.15. The van der Waals surface area contributed by atoms with Crippen LogP contribution >= 0.6 is 15.9 Å². The summed E-state index contributed by atoms with van der Waals surface area (Å²) in [5.41, 5.74) is 1.24. The minimum Gasteiger partial charge on any atom is -0.492 e. The molecule has 0 aliphatic rings. The zero-order valence-electron chi connectivity index (χ0n) is 13.3. The van der Waals surface area contributed by atoms with Crippen LogP contribution in [0.5, 0.6) is 5.75 Å². The van der Waals surface area contributed by atoms with Gasteiger partial charge in [0, 0.05) is 16.7 Å². The second-order valence-corrected chi connectivity index (χ2v) is 6.19. The molecule has 124 valence electrons. The van der Waals surface area contributed by atoms with Crippen molar-refractivity contribution in [1.29, 1.82) is 5.26 Å². The van der Waals surface area contributed by atoms with E-state index in [0.717, 1.165) is 10.2 Å². The van der Waals surface area contributed by atoms with Crippen molar-refractivity contribution in [1.82, 2.24) is 4.90 Å². The Kier molecular flexibility index (Phi) is 6.79. The van der Waals surface area contributed by atoms with Gasteiger partial charge in [0.25, 0.3) is 0 Å². The number of hydrogen-bond acceptors (Lipinski definition) is 4. The minimum atomic E-state index is -0.106. The second kappa shape index (κ2) is 9.06. The van der Waals surface area contributed by atoms with Gasteiger partial charge in [-0.05, 0) is 55.6 Å². The molecule has 0 aliphatic heterocycles. The van der Waals surface area contributed by atoms with Gasteiger partial charge in [0.1, 0.15) is 12.4 Å². The van der Waals surface area contributed by atoms with Gasteiger partial charge in [-0.3, -0.25) is 9.69 Å². The van der Waals surface area contributed by atoms with Crippen molar-refractivity contribution in [3.8, 4) is 11.8 Å². The SMILES string of the molecule is CN(CCOc1ccc(Br)cc1)CC(=O)Nc1ccc(C#N)cc1. The lowest BCUT2D eigenvalue weighted by molar-refractivity contribution is -0.117. The lowest BCUT2D eigenvalue weighted by Gasteiger charge is -2.16. The zero-order chi connectivity index (χ0) is 17.4. The van der Waals surface area contributed by atoms with E-state index in [-0.39, 0.29) is 12.5 Å². The summed E-state index contributed by atoms with van der Waals surface area (Å²) in [4.78, 5) is 13.9. The number of ether oxygens (including phenoxy) is 1. The molecule has 0 unspecified atom stereocenters. The number of carbonyl (C=O) groups is 1. The Labute approximate surface area is 150 Å². The summed E-state index contributed by atoms with van der Waals surface area (Å²) in [5.74, 6) is 0.694. The molecule has 0 bridgehead atoms. The predicted molar refractivity (Wildman–Crippen MR) is 96.9 cm³/mol. The number of rotatable bonds is 7. The number of nitrogens with zero attached hydrogens (tertiary/aromatic N) is 2.